The van der Waals surface area contributed by atoms with Crippen LogP contribution in [-0.2, 0) is 110 Å². The molecule has 38 heteroatoms. The van der Waals surface area contributed by atoms with Crippen molar-refractivity contribution < 1.29 is 92.1 Å². The van der Waals surface area contributed by atoms with Crippen LogP contribution < -0.4 is 83.9 Å². The van der Waals surface area contributed by atoms with Gasteiger partial charge < -0.3 is 101 Å². The lowest BCUT2D eigenvalue weighted by molar-refractivity contribution is -0.138. The number of alkyl halides is 9. The van der Waals surface area contributed by atoms with E-state index in [1.165, 1.54) is 41.3 Å². The molecular formula is C92H131B3F9N15O11. The summed E-state index contributed by atoms with van der Waals surface area (Å²) < 4.78 is 135. The average molecular weight is 1830 g/mol. The Morgan fingerprint density at radius 3 is 1.01 bits per heavy atom. The number of nitrogens with zero attached hydrogens (tertiary/aromatic N) is 3. The molecule has 26 nitrogen and oxygen atoms in total. The molecule has 3 aliphatic rings. The lowest BCUT2D eigenvalue weighted by Crippen LogP contribution is -2.47. The Balaban J connectivity index is 0.000000267. The largest absolute Gasteiger partial charge is 0.492 e. The highest BCUT2D eigenvalue weighted by atomic mass is 19.4. The van der Waals surface area contributed by atoms with Crippen LogP contribution in [0.15, 0.2) is 127 Å². The zero-order valence-electron chi connectivity index (χ0n) is 75.8. The van der Waals surface area contributed by atoms with Gasteiger partial charge in [-0.3, -0.25) is 33.6 Å². The van der Waals surface area contributed by atoms with Gasteiger partial charge in [-0.25, -0.2) is 0 Å². The summed E-state index contributed by atoms with van der Waals surface area (Å²) in [5, 5.41) is 19.2. The number of rotatable bonds is 45. The molecule has 0 aliphatic carbocycles. The average Bonchev–Trinajstić information content (AvgIpc) is 1.63. The fraction of sp³-hybridized carbons (Fsp3) is 0.533. The normalized spacial score (nSPS) is 15.5. The van der Waals surface area contributed by atoms with Crippen molar-refractivity contribution in [2.24, 2.45) is 51.6 Å². The van der Waals surface area contributed by atoms with Gasteiger partial charge in [0.05, 0.1) is 51.6 Å². The van der Waals surface area contributed by atoms with Crippen LogP contribution in [0.4, 0.5) is 39.5 Å². The number of nitrogens with two attached hydrogens (primary N) is 9. The number of benzene rings is 6. The van der Waals surface area contributed by atoms with Gasteiger partial charge in [0.2, 0.25) is 35.4 Å². The predicted molar refractivity (Wildman–Crippen MR) is 488 cm³/mol. The second kappa shape index (κ2) is 49.5. The van der Waals surface area contributed by atoms with Gasteiger partial charge in [0.1, 0.15) is 0 Å². The molecule has 130 heavy (non-hydrogen) atoms. The van der Waals surface area contributed by atoms with Gasteiger partial charge in [0.15, 0.2) is 5.78 Å². The zero-order valence-corrected chi connectivity index (χ0v) is 75.8. The second-order valence-corrected chi connectivity index (χ2v) is 35.0. The molecule has 6 amide bonds. The summed E-state index contributed by atoms with van der Waals surface area (Å²) in [6, 6.07) is 28.4. The lowest BCUT2D eigenvalue weighted by atomic mass is 9.63. The highest BCUT2D eigenvalue weighted by molar-refractivity contribution is 6.68. The van der Waals surface area contributed by atoms with E-state index in [2.05, 4.69) is 28.1 Å². The van der Waals surface area contributed by atoms with Crippen molar-refractivity contribution >= 4 is 78.6 Å². The maximum Gasteiger partial charge on any atom is 0.492 e. The number of carbonyl (C=O) groups is 7. The zero-order chi connectivity index (χ0) is 96.2. The maximum absolute atomic E-state index is 13.2. The standard InChI is InChI=1S/C32H45BF3N5O4.C30H43BF3N5O4.C30H43BF3N5O3/c1-31(2)25-12-7-22(20-26(25)33(3)45-31)28(42)14-11-24(10-6-21-4-8-23(9-5-21)32(34,35)36)40-30(44)27(39)13-15-29(43)41(18-16-37)19-17-38;1-29(2)24-12-7-21(19-25(24)31(42)43-29)6-11-23(10-5-20-3-8-22(9-4-20)30(32,33)34)38-28(41)26(37)13-14-27(40)39(17-15-35)18-16-36;1-29(2)24-11-7-21(19-25(24)31(3)42-29)6-10-23(18-20-4-8-22(9-5-20)30(32,33)34)38-28(41)26(37)12-13-27(40)39(16-14-35)17-15-36/h4-5,7-9,12,20,24,27H,6,10-11,13-19,37-39H2,1-3H3,(H,40,44);3-4,7-9,12,19,23,26,42H,5-6,10-11,13-18,35-37H2,1-2H3,(H,38,41);4-5,7-9,11,19,23,26H,6,10,12-18,35-37H2,1-3H3,(H,38,41)/t24-,27+;23-,26+;23-,26-/m110/s1. The highest BCUT2D eigenvalue weighted by Crippen LogP contribution is 2.36. The summed E-state index contributed by atoms with van der Waals surface area (Å²) in [4.78, 5) is 94.8. The fourth-order valence-electron chi connectivity index (χ4n) is 16.4. The van der Waals surface area contributed by atoms with Gasteiger partial charge >= 0.3 is 39.5 Å². The minimum Gasteiger partial charge on any atom is -0.423 e. The number of amides is 6. The molecule has 3 aliphatic heterocycles. The summed E-state index contributed by atoms with van der Waals surface area (Å²) in [6.45, 7) is 19.6. The molecule has 6 aromatic rings. The van der Waals surface area contributed by atoms with Crippen molar-refractivity contribution in [2.75, 3.05) is 78.5 Å². The molecule has 0 unspecified atom stereocenters. The van der Waals surface area contributed by atoms with E-state index >= 15 is 0 Å². The van der Waals surface area contributed by atoms with Crippen LogP contribution >= 0.6 is 0 Å². The fourth-order valence-corrected chi connectivity index (χ4v) is 16.4. The Morgan fingerprint density at radius 2 is 0.654 bits per heavy atom. The first kappa shape index (κ1) is 108. The third-order valence-corrected chi connectivity index (χ3v) is 23.7. The Hall–Kier alpha value is -9.15. The van der Waals surface area contributed by atoms with E-state index in [1.807, 2.05) is 91.6 Å². The van der Waals surface area contributed by atoms with Crippen molar-refractivity contribution in [3.8, 4) is 0 Å². The van der Waals surface area contributed by atoms with Crippen LogP contribution in [0, 0.1) is 0 Å². The van der Waals surface area contributed by atoms with E-state index in [1.54, 1.807) is 15.9 Å². The summed E-state index contributed by atoms with van der Waals surface area (Å²) in [7, 11) is -1.02. The van der Waals surface area contributed by atoms with Gasteiger partial charge in [-0.2, -0.15) is 39.5 Å². The number of aryl methyl sites for hydroxylation is 4. The predicted octanol–water partition coefficient (Wildman–Crippen LogP) is 6.61. The van der Waals surface area contributed by atoms with Gasteiger partial charge in [-0.1, -0.05) is 105 Å². The number of hydrogen-bond donors (Lipinski definition) is 13. The molecule has 0 radical (unpaired) electrons. The number of nitrogens with one attached hydrogen (secondary N) is 3. The van der Waals surface area contributed by atoms with Crippen LogP contribution in [-0.4, -0.2) is 197 Å². The molecule has 0 saturated heterocycles. The van der Waals surface area contributed by atoms with Crippen LogP contribution in [0.5, 0.6) is 0 Å². The summed E-state index contributed by atoms with van der Waals surface area (Å²) in [5.74, 6) is -1.94. The van der Waals surface area contributed by atoms with Crippen molar-refractivity contribution in [1.29, 1.82) is 0 Å². The molecule has 0 spiro atoms. The van der Waals surface area contributed by atoms with Crippen molar-refractivity contribution in [3.05, 3.63) is 194 Å². The van der Waals surface area contributed by atoms with E-state index in [0.29, 0.717) is 157 Å². The molecule has 6 atom stereocenters. The number of fused-ring (bicyclic) bond motifs is 3. The first-order valence-corrected chi connectivity index (χ1v) is 44.5. The second-order valence-electron chi connectivity index (χ2n) is 35.0. The van der Waals surface area contributed by atoms with Crippen molar-refractivity contribution in [1.82, 2.24) is 30.7 Å². The van der Waals surface area contributed by atoms with Crippen LogP contribution in [0.1, 0.15) is 190 Å². The van der Waals surface area contributed by atoms with E-state index in [4.69, 9.17) is 65.6 Å². The van der Waals surface area contributed by atoms with Crippen LogP contribution in [0.25, 0.3) is 0 Å². The molecule has 6 aromatic carbocycles. The highest BCUT2D eigenvalue weighted by Gasteiger charge is 2.43. The van der Waals surface area contributed by atoms with Crippen LogP contribution in [0.2, 0.25) is 13.6 Å². The van der Waals surface area contributed by atoms with Gasteiger partial charge in [-0.05, 0) is 222 Å². The molecule has 22 N–H and O–H groups in total. The number of hydrogen-bond acceptors (Lipinski definition) is 20. The Labute approximate surface area is 757 Å². The molecule has 712 valence electrons. The minimum atomic E-state index is -4.43. The number of carbonyl (C=O) groups excluding carboxylic acids is 7. The van der Waals surface area contributed by atoms with Gasteiger partial charge in [0.25, 0.3) is 0 Å². The molecule has 0 bridgehead atoms. The smallest absolute Gasteiger partial charge is 0.423 e. The number of Topliss-reactive ketones (excluding diaryl/α,β-unsaturated/α-hetero) is 1. The molecule has 0 fully saturated rings. The quantitative estimate of drug-likeness (QED) is 0.0109. The lowest BCUT2D eigenvalue weighted by Gasteiger charge is -2.24. The van der Waals surface area contributed by atoms with Crippen molar-refractivity contribution in [3.63, 3.8) is 0 Å². The number of ketones is 1. The van der Waals surface area contributed by atoms with Gasteiger partial charge in [-0.15, -0.1) is 0 Å². The first-order valence-electron chi connectivity index (χ1n) is 44.5. The summed E-state index contributed by atoms with van der Waals surface area (Å²) in [5.41, 5.74) is 58.8. The SMILES string of the molecule is CB1OC(C)(C)c2ccc(C(=O)CC[C@@H](CCc3ccc(C(F)(F)F)cc3)NC(=O)[C@@H](N)CCC(=O)N(CCN)CCN)cc21.CB1OC(C)(C)c2ccc(CC[C@@H](Cc3ccc(C(F)(F)F)cc3)NC(=O)[C@@H](N)CCC(=O)N(CCN)CCN)cc21.CC1(C)OB(O)c2cc(CC[C@@H](CCc3ccc(C(F)(F)F)cc3)NC(=O)[C@@H](N)CCC(=O)N(CCN)CCN)ccc21. The topological polar surface area (TPSA) is 447 Å². The molecule has 0 saturated carbocycles. The van der Waals surface area contributed by atoms with E-state index in [0.717, 1.165) is 75.1 Å². The molecular weight excluding hydrogens is 1690 g/mol. The third-order valence-electron chi connectivity index (χ3n) is 23.7. The van der Waals surface area contributed by atoms with E-state index < -0.39 is 95.4 Å². The van der Waals surface area contributed by atoms with Crippen molar-refractivity contribution in [2.45, 2.75) is 236 Å². The first-order chi connectivity index (χ1) is 61.1. The number of halogens is 9. The Morgan fingerprint density at radius 1 is 0.369 bits per heavy atom. The molecule has 0 aromatic heterocycles. The monoisotopic (exact) mass is 1830 g/mol. The van der Waals surface area contributed by atoms with E-state index in [9.17, 15) is 78.1 Å². The summed E-state index contributed by atoms with van der Waals surface area (Å²) >= 11 is 0. The van der Waals surface area contributed by atoms with Crippen LogP contribution in [0.3, 0.4) is 0 Å². The third kappa shape index (κ3) is 32.7. The van der Waals surface area contributed by atoms with E-state index in [-0.39, 0.29) is 113 Å². The Bertz CT molecular complexity index is 4660. The minimum absolute atomic E-state index is 0.0380. The molecule has 3 heterocycles. The molecule has 9 rings (SSSR count). The Kier molecular flexibility index (Phi) is 41.1. The maximum atomic E-state index is 13.2. The summed E-state index contributed by atoms with van der Waals surface area (Å²) in [6.07, 6.45) is -8.03. The van der Waals surface area contributed by atoms with Gasteiger partial charge in [0, 0.05) is 128 Å².